The summed E-state index contributed by atoms with van der Waals surface area (Å²) < 4.78 is 0. The van der Waals surface area contributed by atoms with Gasteiger partial charge in [0, 0.05) is 30.8 Å². The standard InChI is InChI=1S/C26H34N2O/c1-17(29)28-20-10-12-25(2)19(15-20)6-7-21-23-9-8-22(18-5-4-14-27-16-18)26(23,3)13-11-24(21)25/h4-5,8-9,14,16,19-21,24H,6-7,10-13,15H2,1-3H3,(H,28,29)/t19?,20-,21?,24?,25+,26-/m1/s1. The van der Waals surface area contributed by atoms with E-state index in [0.29, 0.717) is 11.5 Å². The summed E-state index contributed by atoms with van der Waals surface area (Å²) in [6, 6.07) is 4.66. The lowest BCUT2D eigenvalue weighted by Crippen LogP contribution is -2.53. The van der Waals surface area contributed by atoms with E-state index in [0.717, 1.165) is 24.2 Å². The number of allylic oxidation sites excluding steroid dienone is 4. The van der Waals surface area contributed by atoms with Gasteiger partial charge in [-0.2, -0.15) is 0 Å². The molecule has 1 aromatic rings. The molecule has 3 nitrogen and oxygen atoms in total. The molecule has 3 fully saturated rings. The highest BCUT2D eigenvalue weighted by Gasteiger charge is 2.56. The smallest absolute Gasteiger partial charge is 0.217 e. The van der Waals surface area contributed by atoms with Crippen LogP contribution in [-0.4, -0.2) is 16.9 Å². The van der Waals surface area contributed by atoms with Crippen molar-refractivity contribution in [2.75, 3.05) is 0 Å². The molecule has 0 bridgehead atoms. The third-order valence-corrected chi connectivity index (χ3v) is 9.09. The van der Waals surface area contributed by atoms with Crippen molar-refractivity contribution in [3.8, 4) is 0 Å². The molecule has 1 amide bonds. The van der Waals surface area contributed by atoms with Gasteiger partial charge in [-0.05, 0) is 85.3 Å². The second-order valence-electron chi connectivity index (χ2n) is 10.5. The van der Waals surface area contributed by atoms with Crippen molar-refractivity contribution < 1.29 is 4.79 Å². The van der Waals surface area contributed by atoms with Gasteiger partial charge in [-0.25, -0.2) is 0 Å². The minimum absolute atomic E-state index is 0.130. The summed E-state index contributed by atoms with van der Waals surface area (Å²) in [5.74, 6) is 2.40. The van der Waals surface area contributed by atoms with E-state index >= 15 is 0 Å². The fourth-order valence-corrected chi connectivity index (χ4v) is 7.61. The fraction of sp³-hybridized carbons (Fsp3) is 0.615. The highest BCUT2D eigenvalue weighted by Crippen LogP contribution is 2.66. The second kappa shape index (κ2) is 6.82. The highest BCUT2D eigenvalue weighted by atomic mass is 16.1. The van der Waals surface area contributed by atoms with E-state index in [1.807, 2.05) is 12.4 Å². The van der Waals surface area contributed by atoms with Gasteiger partial charge in [-0.15, -0.1) is 0 Å². The Labute approximate surface area is 175 Å². The average molecular weight is 391 g/mol. The van der Waals surface area contributed by atoms with Crippen molar-refractivity contribution >= 4 is 11.5 Å². The molecule has 1 aromatic heterocycles. The summed E-state index contributed by atoms with van der Waals surface area (Å²) in [6.07, 6.45) is 17.5. The number of rotatable bonds is 2. The van der Waals surface area contributed by atoms with Crippen LogP contribution in [0.4, 0.5) is 0 Å². The van der Waals surface area contributed by atoms with Gasteiger partial charge in [0.25, 0.3) is 0 Å². The van der Waals surface area contributed by atoms with E-state index < -0.39 is 0 Å². The molecule has 6 atom stereocenters. The predicted octanol–water partition coefficient (Wildman–Crippen LogP) is 5.54. The minimum atomic E-state index is 0.130. The fourth-order valence-electron chi connectivity index (χ4n) is 7.61. The number of pyridine rings is 1. The number of nitrogens with zero attached hydrogens (tertiary/aromatic N) is 1. The first-order valence-electron chi connectivity index (χ1n) is 11.5. The zero-order chi connectivity index (χ0) is 20.2. The molecule has 0 radical (unpaired) electrons. The third kappa shape index (κ3) is 2.92. The van der Waals surface area contributed by atoms with E-state index in [4.69, 9.17) is 0 Å². The Morgan fingerprint density at radius 1 is 1.14 bits per heavy atom. The van der Waals surface area contributed by atoms with Crippen LogP contribution in [0.5, 0.6) is 0 Å². The molecule has 29 heavy (non-hydrogen) atoms. The van der Waals surface area contributed by atoms with E-state index in [1.165, 1.54) is 49.7 Å². The van der Waals surface area contributed by atoms with Crippen molar-refractivity contribution in [2.24, 2.45) is 28.6 Å². The number of carbonyl (C=O) groups is 1. The number of nitrogens with one attached hydrogen (secondary N) is 1. The maximum Gasteiger partial charge on any atom is 0.217 e. The van der Waals surface area contributed by atoms with Crippen molar-refractivity contribution in [1.29, 1.82) is 0 Å². The quantitative estimate of drug-likeness (QED) is 0.720. The van der Waals surface area contributed by atoms with Crippen LogP contribution in [0.3, 0.4) is 0 Å². The monoisotopic (exact) mass is 390 g/mol. The molecule has 4 aliphatic carbocycles. The molecule has 3 unspecified atom stereocenters. The molecule has 3 saturated carbocycles. The van der Waals surface area contributed by atoms with Crippen LogP contribution in [0, 0.1) is 28.6 Å². The van der Waals surface area contributed by atoms with Gasteiger partial charge >= 0.3 is 0 Å². The Hall–Kier alpha value is -1.90. The van der Waals surface area contributed by atoms with Crippen LogP contribution in [-0.2, 0) is 4.79 Å². The molecule has 0 aromatic carbocycles. The maximum absolute atomic E-state index is 11.6. The lowest BCUT2D eigenvalue weighted by Gasteiger charge is -2.59. The minimum Gasteiger partial charge on any atom is -0.354 e. The Kier molecular flexibility index (Phi) is 4.49. The summed E-state index contributed by atoms with van der Waals surface area (Å²) in [4.78, 5) is 15.9. The predicted molar refractivity (Wildman–Crippen MR) is 117 cm³/mol. The van der Waals surface area contributed by atoms with Crippen molar-refractivity contribution in [1.82, 2.24) is 10.3 Å². The summed E-state index contributed by atoms with van der Waals surface area (Å²) >= 11 is 0. The van der Waals surface area contributed by atoms with Gasteiger partial charge in [0.2, 0.25) is 5.91 Å². The first-order valence-corrected chi connectivity index (χ1v) is 11.5. The number of fused-ring (bicyclic) bond motifs is 5. The molecule has 4 aliphatic rings. The van der Waals surface area contributed by atoms with Gasteiger partial charge in [-0.3, -0.25) is 9.78 Å². The van der Waals surface area contributed by atoms with Crippen molar-refractivity contribution in [3.05, 3.63) is 47.8 Å². The lowest BCUT2D eigenvalue weighted by molar-refractivity contribution is -0.121. The van der Waals surface area contributed by atoms with Gasteiger partial charge < -0.3 is 5.32 Å². The Morgan fingerprint density at radius 3 is 2.76 bits per heavy atom. The maximum atomic E-state index is 11.6. The SMILES string of the molecule is CC(=O)N[C@@H]1CC[C@@]2(C)C(CCC3C4=CC=C(c5cccnc5)[C@@]4(C)CCC32)C1. The summed E-state index contributed by atoms with van der Waals surface area (Å²) in [5, 5.41) is 3.21. The molecular weight excluding hydrogens is 356 g/mol. The number of aromatic nitrogens is 1. The Morgan fingerprint density at radius 2 is 2.00 bits per heavy atom. The van der Waals surface area contributed by atoms with Crippen LogP contribution in [0.1, 0.15) is 71.3 Å². The Balaban J connectivity index is 1.38. The summed E-state index contributed by atoms with van der Waals surface area (Å²) in [6.45, 7) is 6.71. The van der Waals surface area contributed by atoms with E-state index in [1.54, 1.807) is 12.5 Å². The number of hydrogen-bond acceptors (Lipinski definition) is 2. The molecule has 0 aliphatic heterocycles. The van der Waals surface area contributed by atoms with Crippen LogP contribution in [0.15, 0.2) is 42.3 Å². The molecule has 5 rings (SSSR count). The number of amides is 1. The molecule has 3 heteroatoms. The van der Waals surface area contributed by atoms with Crippen LogP contribution in [0.2, 0.25) is 0 Å². The molecular formula is C26H34N2O. The lowest BCUT2D eigenvalue weighted by atomic mass is 9.46. The number of hydrogen-bond donors (Lipinski definition) is 1. The second-order valence-corrected chi connectivity index (χ2v) is 10.5. The van der Waals surface area contributed by atoms with Crippen molar-refractivity contribution in [3.63, 3.8) is 0 Å². The first kappa shape index (κ1) is 19.1. The first-order chi connectivity index (χ1) is 13.9. The molecule has 1 N–H and O–H groups in total. The van der Waals surface area contributed by atoms with Crippen molar-refractivity contribution in [2.45, 2.75) is 71.8 Å². The number of carbonyl (C=O) groups excluding carboxylic acids is 1. The van der Waals surface area contributed by atoms with Gasteiger partial charge in [0.1, 0.15) is 0 Å². The zero-order valence-corrected chi connectivity index (χ0v) is 18.1. The van der Waals surface area contributed by atoms with E-state index in [9.17, 15) is 4.79 Å². The van der Waals surface area contributed by atoms with E-state index in [-0.39, 0.29) is 11.3 Å². The normalized spacial score (nSPS) is 40.8. The largest absolute Gasteiger partial charge is 0.354 e. The Bertz CT molecular complexity index is 872. The average Bonchev–Trinajstić information content (AvgIpc) is 3.06. The van der Waals surface area contributed by atoms with Crippen LogP contribution in [0.25, 0.3) is 5.57 Å². The van der Waals surface area contributed by atoms with Gasteiger partial charge in [-0.1, -0.05) is 37.6 Å². The van der Waals surface area contributed by atoms with Crippen LogP contribution < -0.4 is 5.32 Å². The molecule has 1 heterocycles. The van der Waals surface area contributed by atoms with Gasteiger partial charge in [0.15, 0.2) is 0 Å². The summed E-state index contributed by atoms with van der Waals surface area (Å²) in [5.41, 5.74) is 5.06. The highest BCUT2D eigenvalue weighted by molar-refractivity contribution is 5.78. The molecule has 0 saturated heterocycles. The van der Waals surface area contributed by atoms with Gasteiger partial charge in [0.05, 0.1) is 0 Å². The third-order valence-electron chi connectivity index (χ3n) is 9.09. The van der Waals surface area contributed by atoms with E-state index in [2.05, 4.69) is 48.4 Å². The topological polar surface area (TPSA) is 42.0 Å². The van der Waals surface area contributed by atoms with Crippen LogP contribution >= 0.6 is 0 Å². The zero-order valence-electron chi connectivity index (χ0n) is 18.1. The molecule has 0 spiro atoms. The summed E-state index contributed by atoms with van der Waals surface area (Å²) in [7, 11) is 0. The molecule has 154 valence electrons.